The van der Waals surface area contributed by atoms with Crippen LogP contribution in [0, 0.1) is 0 Å². The zero-order valence-corrected chi connectivity index (χ0v) is 17.6. The maximum absolute atomic E-state index is 13.3. The normalized spacial score (nSPS) is 12.2. The number of rotatable bonds is 8. The topological polar surface area (TPSA) is 81.7 Å². The van der Waals surface area contributed by atoms with Crippen molar-refractivity contribution in [3.63, 3.8) is 0 Å². The van der Waals surface area contributed by atoms with Crippen LogP contribution in [0.2, 0.25) is 0 Å². The van der Waals surface area contributed by atoms with Gasteiger partial charge in [0.1, 0.15) is 16.7 Å². The lowest BCUT2D eigenvalue weighted by atomic mass is 10.2. The van der Waals surface area contributed by atoms with Crippen LogP contribution in [0.1, 0.15) is 20.5 Å². The molecular formula is C21H21NO5S2. The van der Waals surface area contributed by atoms with Crippen molar-refractivity contribution in [2.45, 2.75) is 10.1 Å². The number of amides is 1. The minimum absolute atomic E-state index is 0.0637. The lowest BCUT2D eigenvalue weighted by Crippen LogP contribution is -2.31. The van der Waals surface area contributed by atoms with Gasteiger partial charge in [0.25, 0.3) is 5.91 Å². The van der Waals surface area contributed by atoms with E-state index < -0.39 is 21.0 Å². The number of para-hydroxylation sites is 1. The Morgan fingerprint density at radius 2 is 1.72 bits per heavy atom. The molecule has 3 rings (SSSR count). The summed E-state index contributed by atoms with van der Waals surface area (Å²) in [7, 11) is -0.734. The number of methoxy groups -OCH3 is 2. The van der Waals surface area contributed by atoms with E-state index in [4.69, 9.17) is 9.47 Å². The summed E-state index contributed by atoms with van der Waals surface area (Å²) in [5, 5.41) is 3.65. The molecule has 1 atom stereocenters. The Morgan fingerprint density at radius 1 is 1.00 bits per heavy atom. The molecule has 0 unspecified atom stereocenters. The van der Waals surface area contributed by atoms with E-state index in [1.807, 2.05) is 5.38 Å². The molecule has 0 radical (unpaired) electrons. The minimum Gasteiger partial charge on any atom is -0.497 e. The van der Waals surface area contributed by atoms with Gasteiger partial charge in [-0.3, -0.25) is 4.79 Å². The fourth-order valence-corrected chi connectivity index (χ4v) is 5.66. The molecule has 0 saturated heterocycles. The third kappa shape index (κ3) is 4.60. The van der Waals surface area contributed by atoms with E-state index in [1.54, 1.807) is 48.5 Å². The minimum atomic E-state index is -3.73. The highest BCUT2D eigenvalue weighted by molar-refractivity contribution is 7.91. The van der Waals surface area contributed by atoms with Crippen molar-refractivity contribution >= 4 is 27.1 Å². The SMILES string of the molecule is COc1ccc(S(=O)(=O)[C@H](CNC(=O)c2ccccc2OC)c2cccs2)cc1. The van der Waals surface area contributed by atoms with Crippen LogP contribution in [-0.4, -0.2) is 35.1 Å². The average Bonchev–Trinajstić information content (AvgIpc) is 3.28. The van der Waals surface area contributed by atoms with Crippen molar-refractivity contribution in [1.29, 1.82) is 0 Å². The van der Waals surface area contributed by atoms with Gasteiger partial charge in [0.05, 0.1) is 24.7 Å². The second kappa shape index (κ2) is 9.11. The fourth-order valence-electron chi connectivity index (χ4n) is 2.88. The van der Waals surface area contributed by atoms with Crippen LogP contribution < -0.4 is 14.8 Å². The molecule has 8 heteroatoms. The van der Waals surface area contributed by atoms with Crippen molar-refractivity contribution in [2.24, 2.45) is 0 Å². The molecule has 0 aliphatic rings. The number of benzene rings is 2. The molecule has 0 spiro atoms. The molecule has 0 fully saturated rings. The van der Waals surface area contributed by atoms with E-state index in [2.05, 4.69) is 5.32 Å². The number of thiophene rings is 1. The summed E-state index contributed by atoms with van der Waals surface area (Å²) in [6.07, 6.45) is 0. The summed E-state index contributed by atoms with van der Waals surface area (Å²) in [6.45, 7) is -0.0637. The number of sulfone groups is 1. The third-order valence-corrected chi connectivity index (χ3v) is 7.66. The lowest BCUT2D eigenvalue weighted by Gasteiger charge is -2.18. The predicted molar refractivity (Wildman–Crippen MR) is 113 cm³/mol. The Bertz CT molecular complexity index is 1060. The zero-order chi connectivity index (χ0) is 20.9. The van der Waals surface area contributed by atoms with Crippen LogP contribution in [-0.2, 0) is 9.84 Å². The number of carbonyl (C=O) groups excluding carboxylic acids is 1. The molecular weight excluding hydrogens is 410 g/mol. The molecule has 1 aromatic heterocycles. The highest BCUT2D eigenvalue weighted by Gasteiger charge is 2.31. The van der Waals surface area contributed by atoms with Crippen molar-refractivity contribution in [3.05, 3.63) is 76.5 Å². The second-order valence-corrected chi connectivity index (χ2v) is 9.24. The van der Waals surface area contributed by atoms with Crippen LogP contribution in [0.25, 0.3) is 0 Å². The van der Waals surface area contributed by atoms with Crippen LogP contribution in [0.5, 0.6) is 11.5 Å². The van der Waals surface area contributed by atoms with E-state index in [-0.39, 0.29) is 11.4 Å². The second-order valence-electron chi connectivity index (χ2n) is 6.13. The van der Waals surface area contributed by atoms with Crippen molar-refractivity contribution in [1.82, 2.24) is 5.32 Å². The first-order valence-electron chi connectivity index (χ1n) is 8.80. The number of carbonyl (C=O) groups is 1. The van der Waals surface area contributed by atoms with Crippen LogP contribution in [0.4, 0.5) is 0 Å². The first-order valence-corrected chi connectivity index (χ1v) is 11.2. The Hall–Kier alpha value is -2.84. The maximum Gasteiger partial charge on any atom is 0.255 e. The summed E-state index contributed by atoms with van der Waals surface area (Å²) in [5.41, 5.74) is 0.349. The Kier molecular flexibility index (Phi) is 6.56. The largest absolute Gasteiger partial charge is 0.497 e. The van der Waals surface area contributed by atoms with Crippen molar-refractivity contribution < 1.29 is 22.7 Å². The first-order chi connectivity index (χ1) is 14.0. The van der Waals surface area contributed by atoms with Gasteiger partial charge < -0.3 is 14.8 Å². The third-order valence-electron chi connectivity index (χ3n) is 4.42. The Balaban J connectivity index is 1.87. The quantitative estimate of drug-likeness (QED) is 0.588. The summed E-state index contributed by atoms with van der Waals surface area (Å²) in [4.78, 5) is 13.5. The highest BCUT2D eigenvalue weighted by atomic mass is 32.2. The number of nitrogens with one attached hydrogen (secondary N) is 1. The van der Waals surface area contributed by atoms with Gasteiger partial charge in [-0.15, -0.1) is 11.3 Å². The van der Waals surface area contributed by atoms with E-state index in [0.717, 1.165) is 0 Å². The molecule has 2 aromatic carbocycles. The molecule has 0 aliphatic heterocycles. The van der Waals surface area contributed by atoms with Gasteiger partial charge >= 0.3 is 0 Å². The lowest BCUT2D eigenvalue weighted by molar-refractivity contribution is 0.0950. The molecule has 0 aliphatic carbocycles. The predicted octanol–water partition coefficient (Wildman–Crippen LogP) is 3.71. The standard InChI is InChI=1S/C21H21NO5S2/c1-26-15-9-11-16(12-10-15)29(24,25)20(19-8-5-13-28-19)14-22-21(23)17-6-3-4-7-18(17)27-2/h3-13,20H,14H2,1-2H3,(H,22,23)/t20-/m1/s1. The van der Waals surface area contributed by atoms with Crippen molar-refractivity contribution in [3.8, 4) is 11.5 Å². The van der Waals surface area contributed by atoms with Gasteiger partial charge in [0, 0.05) is 11.4 Å². The molecule has 1 heterocycles. The smallest absolute Gasteiger partial charge is 0.255 e. The first kappa shape index (κ1) is 20.9. The molecule has 0 bridgehead atoms. The van der Waals surface area contributed by atoms with E-state index >= 15 is 0 Å². The van der Waals surface area contributed by atoms with Crippen molar-refractivity contribution in [2.75, 3.05) is 20.8 Å². The summed E-state index contributed by atoms with van der Waals surface area (Å²) in [6, 6.07) is 16.6. The van der Waals surface area contributed by atoms with E-state index in [0.29, 0.717) is 21.9 Å². The molecule has 0 saturated carbocycles. The van der Waals surface area contributed by atoms with Crippen LogP contribution in [0.3, 0.4) is 0 Å². The molecule has 3 aromatic rings. The number of ether oxygens (including phenoxy) is 2. The van der Waals surface area contributed by atoms with E-state index in [9.17, 15) is 13.2 Å². The zero-order valence-electron chi connectivity index (χ0n) is 16.0. The van der Waals surface area contributed by atoms with E-state index in [1.165, 1.54) is 37.7 Å². The van der Waals surface area contributed by atoms with Gasteiger partial charge in [-0.2, -0.15) is 0 Å². The van der Waals surface area contributed by atoms with Gasteiger partial charge in [-0.25, -0.2) is 8.42 Å². The number of hydrogen-bond acceptors (Lipinski definition) is 6. The summed E-state index contributed by atoms with van der Waals surface area (Å²) in [5.74, 6) is 0.603. The van der Waals surface area contributed by atoms with Gasteiger partial charge in [-0.05, 0) is 47.8 Å². The fraction of sp³-hybridized carbons (Fsp3) is 0.190. The Morgan fingerprint density at radius 3 is 2.34 bits per heavy atom. The molecule has 1 N–H and O–H groups in total. The summed E-state index contributed by atoms with van der Waals surface area (Å²) < 4.78 is 36.9. The van der Waals surface area contributed by atoms with Crippen LogP contribution >= 0.6 is 11.3 Å². The molecule has 29 heavy (non-hydrogen) atoms. The molecule has 1 amide bonds. The van der Waals surface area contributed by atoms with Gasteiger partial charge in [-0.1, -0.05) is 18.2 Å². The molecule has 6 nitrogen and oxygen atoms in total. The monoisotopic (exact) mass is 431 g/mol. The maximum atomic E-state index is 13.3. The van der Waals surface area contributed by atoms with Gasteiger partial charge in [0.15, 0.2) is 9.84 Å². The highest BCUT2D eigenvalue weighted by Crippen LogP contribution is 2.32. The Labute approximate surface area is 174 Å². The van der Waals surface area contributed by atoms with Crippen LogP contribution in [0.15, 0.2) is 70.9 Å². The number of hydrogen-bond donors (Lipinski definition) is 1. The average molecular weight is 432 g/mol. The van der Waals surface area contributed by atoms with Gasteiger partial charge in [0.2, 0.25) is 0 Å². The molecule has 152 valence electrons. The summed E-state index contributed by atoms with van der Waals surface area (Å²) >= 11 is 1.34.